The van der Waals surface area contributed by atoms with E-state index in [0.29, 0.717) is 19.6 Å². The fraction of sp³-hybridized carbons (Fsp3) is 0.278. The maximum Gasteiger partial charge on any atom is 0.234 e. The zero-order valence-corrected chi connectivity index (χ0v) is 12.6. The van der Waals surface area contributed by atoms with Gasteiger partial charge in [-0.25, -0.2) is 0 Å². The van der Waals surface area contributed by atoms with Crippen LogP contribution in [0.25, 0.3) is 0 Å². The molecule has 0 heterocycles. The Bertz CT molecular complexity index is 590. The van der Waals surface area contributed by atoms with E-state index in [1.807, 2.05) is 18.2 Å². The SMILES string of the molecule is Cc1ccc(CNCC(=O)NCc2ccccc2C)cc1. The average molecular weight is 282 g/mol. The van der Waals surface area contributed by atoms with Crippen LogP contribution in [0.1, 0.15) is 22.3 Å². The monoisotopic (exact) mass is 282 g/mol. The maximum absolute atomic E-state index is 11.8. The molecule has 0 fully saturated rings. The van der Waals surface area contributed by atoms with E-state index in [1.165, 1.54) is 16.7 Å². The normalized spacial score (nSPS) is 10.4. The van der Waals surface area contributed by atoms with E-state index >= 15 is 0 Å². The summed E-state index contributed by atoms with van der Waals surface area (Å²) in [5, 5.41) is 6.09. The summed E-state index contributed by atoms with van der Waals surface area (Å²) in [6.07, 6.45) is 0. The van der Waals surface area contributed by atoms with Crippen LogP contribution in [-0.4, -0.2) is 12.5 Å². The van der Waals surface area contributed by atoms with Crippen molar-refractivity contribution in [3.8, 4) is 0 Å². The number of aryl methyl sites for hydroxylation is 2. The molecule has 3 heteroatoms. The van der Waals surface area contributed by atoms with Crippen LogP contribution in [0.5, 0.6) is 0 Å². The van der Waals surface area contributed by atoms with Crippen molar-refractivity contribution < 1.29 is 4.79 Å². The summed E-state index contributed by atoms with van der Waals surface area (Å²) in [4.78, 5) is 11.8. The largest absolute Gasteiger partial charge is 0.351 e. The molecule has 2 aromatic rings. The molecule has 0 spiro atoms. The van der Waals surface area contributed by atoms with Gasteiger partial charge in [0.25, 0.3) is 0 Å². The summed E-state index contributed by atoms with van der Waals surface area (Å²) in [6, 6.07) is 16.4. The molecule has 0 bridgehead atoms. The highest BCUT2D eigenvalue weighted by atomic mass is 16.1. The second-order valence-corrected chi connectivity index (χ2v) is 5.29. The Morgan fingerprint density at radius 1 is 0.952 bits per heavy atom. The Balaban J connectivity index is 1.70. The molecule has 0 aliphatic carbocycles. The zero-order valence-electron chi connectivity index (χ0n) is 12.6. The van der Waals surface area contributed by atoms with Crippen molar-refractivity contribution in [1.82, 2.24) is 10.6 Å². The van der Waals surface area contributed by atoms with E-state index in [-0.39, 0.29) is 5.91 Å². The van der Waals surface area contributed by atoms with Gasteiger partial charge in [-0.15, -0.1) is 0 Å². The topological polar surface area (TPSA) is 41.1 Å². The summed E-state index contributed by atoms with van der Waals surface area (Å²) >= 11 is 0. The van der Waals surface area contributed by atoms with Crippen LogP contribution >= 0.6 is 0 Å². The van der Waals surface area contributed by atoms with Gasteiger partial charge in [-0.2, -0.15) is 0 Å². The van der Waals surface area contributed by atoms with E-state index in [4.69, 9.17) is 0 Å². The minimum absolute atomic E-state index is 0.0189. The summed E-state index contributed by atoms with van der Waals surface area (Å²) in [5.41, 5.74) is 4.79. The van der Waals surface area contributed by atoms with Crippen molar-refractivity contribution in [2.24, 2.45) is 0 Å². The predicted octanol–water partition coefficient (Wildman–Crippen LogP) is 2.71. The third-order valence-corrected chi connectivity index (χ3v) is 3.47. The first kappa shape index (κ1) is 15.3. The molecular formula is C18H22N2O. The van der Waals surface area contributed by atoms with Crippen LogP contribution < -0.4 is 10.6 Å². The quantitative estimate of drug-likeness (QED) is 0.855. The van der Waals surface area contributed by atoms with Crippen LogP contribution in [0.3, 0.4) is 0 Å². The van der Waals surface area contributed by atoms with Crippen molar-refractivity contribution in [3.05, 3.63) is 70.8 Å². The molecule has 0 aliphatic rings. The molecule has 21 heavy (non-hydrogen) atoms. The minimum atomic E-state index is 0.0189. The lowest BCUT2D eigenvalue weighted by Gasteiger charge is -2.09. The van der Waals surface area contributed by atoms with Gasteiger partial charge in [-0.05, 0) is 30.5 Å². The molecular weight excluding hydrogens is 260 g/mol. The Labute approximate surface area is 126 Å². The fourth-order valence-corrected chi connectivity index (χ4v) is 2.09. The lowest BCUT2D eigenvalue weighted by atomic mass is 10.1. The molecule has 3 nitrogen and oxygen atoms in total. The molecule has 2 rings (SSSR count). The third-order valence-electron chi connectivity index (χ3n) is 3.47. The van der Waals surface area contributed by atoms with E-state index in [0.717, 1.165) is 5.56 Å². The van der Waals surface area contributed by atoms with E-state index < -0.39 is 0 Å². The Morgan fingerprint density at radius 3 is 2.38 bits per heavy atom. The number of hydrogen-bond donors (Lipinski definition) is 2. The number of nitrogens with one attached hydrogen (secondary N) is 2. The van der Waals surface area contributed by atoms with Crippen molar-refractivity contribution >= 4 is 5.91 Å². The van der Waals surface area contributed by atoms with Gasteiger partial charge < -0.3 is 10.6 Å². The van der Waals surface area contributed by atoms with E-state index in [2.05, 4.69) is 54.8 Å². The molecule has 0 atom stereocenters. The second-order valence-electron chi connectivity index (χ2n) is 5.29. The van der Waals surface area contributed by atoms with Crippen LogP contribution in [0.2, 0.25) is 0 Å². The second kappa shape index (κ2) is 7.60. The Morgan fingerprint density at radius 2 is 1.67 bits per heavy atom. The molecule has 110 valence electrons. The van der Waals surface area contributed by atoms with Gasteiger partial charge in [0.2, 0.25) is 5.91 Å². The van der Waals surface area contributed by atoms with E-state index in [9.17, 15) is 4.79 Å². The molecule has 2 aromatic carbocycles. The maximum atomic E-state index is 11.8. The lowest BCUT2D eigenvalue weighted by Crippen LogP contribution is -2.33. The predicted molar refractivity (Wildman–Crippen MR) is 85.9 cm³/mol. The Kier molecular flexibility index (Phi) is 5.52. The molecule has 2 N–H and O–H groups in total. The standard InChI is InChI=1S/C18H22N2O/c1-14-7-9-16(10-8-14)11-19-13-18(21)20-12-17-6-4-3-5-15(17)2/h3-10,19H,11-13H2,1-2H3,(H,20,21). The summed E-state index contributed by atoms with van der Waals surface area (Å²) in [5.74, 6) is 0.0189. The molecule has 0 aromatic heterocycles. The summed E-state index contributed by atoms with van der Waals surface area (Å²) in [6.45, 7) is 5.74. The van der Waals surface area contributed by atoms with Gasteiger partial charge in [0.05, 0.1) is 6.54 Å². The Hall–Kier alpha value is -2.13. The number of carbonyl (C=O) groups is 1. The van der Waals surface area contributed by atoms with Gasteiger partial charge in [-0.3, -0.25) is 4.79 Å². The first-order valence-corrected chi connectivity index (χ1v) is 7.22. The van der Waals surface area contributed by atoms with Gasteiger partial charge in [0.1, 0.15) is 0 Å². The van der Waals surface area contributed by atoms with Crippen molar-refractivity contribution in [3.63, 3.8) is 0 Å². The van der Waals surface area contributed by atoms with Crippen LogP contribution in [0, 0.1) is 13.8 Å². The number of hydrogen-bond acceptors (Lipinski definition) is 2. The highest BCUT2D eigenvalue weighted by Crippen LogP contribution is 2.06. The molecule has 1 amide bonds. The first-order chi connectivity index (χ1) is 10.1. The number of amides is 1. The number of carbonyl (C=O) groups excluding carboxylic acids is 1. The molecule has 0 saturated carbocycles. The highest BCUT2D eigenvalue weighted by molar-refractivity contribution is 5.78. The highest BCUT2D eigenvalue weighted by Gasteiger charge is 2.02. The summed E-state index contributed by atoms with van der Waals surface area (Å²) < 4.78 is 0. The lowest BCUT2D eigenvalue weighted by molar-refractivity contribution is -0.120. The fourth-order valence-electron chi connectivity index (χ4n) is 2.09. The zero-order chi connectivity index (χ0) is 15.1. The third kappa shape index (κ3) is 5.04. The van der Waals surface area contributed by atoms with Crippen molar-refractivity contribution in [2.75, 3.05) is 6.54 Å². The van der Waals surface area contributed by atoms with Gasteiger partial charge in [0, 0.05) is 13.1 Å². The molecule has 0 aliphatic heterocycles. The number of benzene rings is 2. The van der Waals surface area contributed by atoms with Crippen molar-refractivity contribution in [2.45, 2.75) is 26.9 Å². The van der Waals surface area contributed by atoms with Crippen LogP contribution in [-0.2, 0) is 17.9 Å². The van der Waals surface area contributed by atoms with Crippen LogP contribution in [0.4, 0.5) is 0 Å². The first-order valence-electron chi connectivity index (χ1n) is 7.22. The van der Waals surface area contributed by atoms with Gasteiger partial charge >= 0.3 is 0 Å². The smallest absolute Gasteiger partial charge is 0.234 e. The molecule has 0 unspecified atom stereocenters. The van der Waals surface area contributed by atoms with Gasteiger partial charge in [-0.1, -0.05) is 54.1 Å². The van der Waals surface area contributed by atoms with E-state index in [1.54, 1.807) is 0 Å². The average Bonchev–Trinajstić information content (AvgIpc) is 2.48. The molecule has 0 saturated heterocycles. The van der Waals surface area contributed by atoms with Crippen LogP contribution in [0.15, 0.2) is 48.5 Å². The van der Waals surface area contributed by atoms with Gasteiger partial charge in [0.15, 0.2) is 0 Å². The molecule has 0 radical (unpaired) electrons. The number of rotatable bonds is 6. The van der Waals surface area contributed by atoms with Crippen molar-refractivity contribution in [1.29, 1.82) is 0 Å². The summed E-state index contributed by atoms with van der Waals surface area (Å²) in [7, 11) is 0. The minimum Gasteiger partial charge on any atom is -0.351 e.